The summed E-state index contributed by atoms with van der Waals surface area (Å²) in [6.45, 7) is 0. The lowest BCUT2D eigenvalue weighted by Crippen LogP contribution is -1.95. The number of pyridine rings is 12. The number of rotatable bonds is 0. The molecule has 36 rings (SSSR count). The molecule has 16 heteroatoms. The molecule has 16 heterocycles. The van der Waals surface area contributed by atoms with E-state index >= 15 is 0 Å². The minimum absolute atomic E-state index is 0.870. The minimum Gasteiger partial charge on any atom is -0.276 e. The van der Waals surface area contributed by atoms with Crippen molar-refractivity contribution >= 4 is 154 Å². The van der Waals surface area contributed by atoms with Gasteiger partial charge in [-0.25, -0.2) is 39.9 Å². The van der Waals surface area contributed by atoms with Crippen LogP contribution in [0.15, 0.2) is 341 Å². The number of fused-ring (bicyclic) bond motifs is 56. The van der Waals surface area contributed by atoms with Crippen LogP contribution >= 0.6 is 0 Å². The predicted octanol–water partition coefficient (Wildman–Crippen LogP) is 26.9. The standard InChI is InChI=1S/4C31H18N4/c1-2-6-21-17(5-1)11-18-14-25-19(13-24(18)21)12-20-15-27-28(16-26(20)25)35-30-22(7-4-10-33-30)29-23(31(35)34-27)8-3-9-32-29;1-2-6-21-17(5-1)11-18-14-25-19(13-24(18)21)12-20-15-27-28(16-26(20)25)35-30-23(8-4-10-33-30)22-7-3-9-32-29(22)31(35)34-27;1-2-5-21-17(4-1)10-18-13-25-19(12-24(18)21)11-20-14-28-29(15-26(20)25)35-30-23(6-3-8-33-30)22-7-9-32-16-27(22)31(35)34-28;1-2-5-21-17(4-1)10-18-13-25-19(12-24(18)21)11-20-14-28-29(15-26(20)25)35-30-22(6-3-8-33-30)27-16-32-9-7-23(27)31(35)34-28/h2*1-10,13-16H,11-12H2;2*1-9,12-16H,10-11H2. The Bertz CT molecular complexity index is 9460. The molecule has 8 aliphatic carbocycles. The first-order valence-electron chi connectivity index (χ1n) is 48.2. The summed E-state index contributed by atoms with van der Waals surface area (Å²) in [5, 5.41) is 10.9. The highest BCUT2D eigenvalue weighted by molar-refractivity contribution is 6.17. The Labute approximate surface area is 796 Å². The highest BCUT2D eigenvalue weighted by atomic mass is 15.1. The quantitative estimate of drug-likeness (QED) is 0.132. The molecule has 0 N–H and O–H groups in total. The van der Waals surface area contributed by atoms with E-state index in [9.17, 15) is 0 Å². The van der Waals surface area contributed by atoms with Crippen molar-refractivity contribution < 1.29 is 0 Å². The van der Waals surface area contributed by atoms with Gasteiger partial charge < -0.3 is 0 Å². The van der Waals surface area contributed by atoms with Gasteiger partial charge in [-0.1, -0.05) is 103 Å². The summed E-state index contributed by atoms with van der Waals surface area (Å²) in [5.74, 6) is 0. The third kappa shape index (κ3) is 10.5. The third-order valence-corrected chi connectivity index (χ3v) is 31.6. The molecule has 0 spiro atoms. The first-order chi connectivity index (χ1) is 69.3. The summed E-state index contributed by atoms with van der Waals surface area (Å²) in [6, 6.07) is 102. The lowest BCUT2D eigenvalue weighted by molar-refractivity contribution is 1.22. The van der Waals surface area contributed by atoms with Crippen LogP contribution in [0.3, 0.4) is 0 Å². The number of hydrogen-bond donors (Lipinski definition) is 0. The number of imidazole rings is 4. The van der Waals surface area contributed by atoms with Gasteiger partial charge in [0.15, 0.2) is 5.65 Å². The molecule has 0 unspecified atom stereocenters. The van der Waals surface area contributed by atoms with Crippen molar-refractivity contribution in [1.29, 1.82) is 0 Å². The number of aromatic nitrogens is 16. The van der Waals surface area contributed by atoms with E-state index in [2.05, 4.69) is 275 Å². The lowest BCUT2D eigenvalue weighted by atomic mass is 9.98. The number of nitrogens with zero attached hydrogens (tertiary/aromatic N) is 16. The second-order valence-corrected chi connectivity index (χ2v) is 38.9. The molecule has 0 atom stereocenters. The van der Waals surface area contributed by atoms with Crippen molar-refractivity contribution in [2.45, 2.75) is 51.4 Å². The summed E-state index contributed by atoms with van der Waals surface area (Å²) in [7, 11) is 0. The molecule has 0 saturated heterocycles. The Morgan fingerprint density at radius 1 is 0.157 bits per heavy atom. The Kier molecular flexibility index (Phi) is 14.9. The molecular weight excluding hydrogens is 1710 g/mol. The maximum atomic E-state index is 5.12. The van der Waals surface area contributed by atoms with Gasteiger partial charge in [-0.2, -0.15) is 0 Å². The van der Waals surface area contributed by atoms with Gasteiger partial charge in [-0.3, -0.25) is 37.5 Å². The molecule has 0 saturated carbocycles. The Morgan fingerprint density at radius 2 is 0.407 bits per heavy atom. The van der Waals surface area contributed by atoms with Gasteiger partial charge in [0.2, 0.25) is 0 Å². The molecule has 0 amide bonds. The number of hydrogen-bond acceptors (Lipinski definition) is 12. The zero-order valence-electron chi connectivity index (χ0n) is 75.1. The minimum atomic E-state index is 0.870. The molecule has 0 radical (unpaired) electrons. The molecule has 8 aliphatic rings. The summed E-state index contributed by atoms with van der Waals surface area (Å²) in [4.78, 5) is 57.7. The van der Waals surface area contributed by atoms with Gasteiger partial charge in [0, 0.05) is 110 Å². The SMILES string of the molecule is c1ccc2c(c1)Cc1cc3c(cc1-2)Cc1cc2nc4c5cccnc5c5cccnc5n4c2cc1-3.c1ccc2c(c1)Cc1cc3c(cc1-2)Cc1cc2nc4c5ccncc5c5cccnc5n4c2cc1-3.c1ccc2c(c1)Cc1cc3c(cc1-2)Cc1cc2nc4c5cnccc5c5cccnc5n4c2cc1-3.c1ccc2c(c1)Cc1cc3c(cc1-2)Cc1cc2nc4c5ncccc5c5cccnc5n4c2cc1-3. The molecule has 12 aromatic carbocycles. The van der Waals surface area contributed by atoms with Crippen LogP contribution in [-0.2, 0) is 51.4 Å². The fourth-order valence-electron chi connectivity index (χ4n) is 25.5. The van der Waals surface area contributed by atoms with Crippen molar-refractivity contribution in [3.8, 4) is 89.0 Å². The average Bonchev–Trinajstić information content (AvgIpc) is 1.56. The highest BCUT2D eigenvalue weighted by Gasteiger charge is 2.35. The van der Waals surface area contributed by atoms with E-state index < -0.39 is 0 Å². The van der Waals surface area contributed by atoms with Gasteiger partial charge in [0.1, 0.15) is 45.0 Å². The van der Waals surface area contributed by atoms with E-state index in [1.165, 1.54) is 178 Å². The Hall–Kier alpha value is -18.3. The second-order valence-electron chi connectivity index (χ2n) is 38.9. The lowest BCUT2D eigenvalue weighted by Gasteiger charge is -2.08. The van der Waals surface area contributed by atoms with Crippen LogP contribution < -0.4 is 0 Å². The Morgan fingerprint density at radius 3 is 0.800 bits per heavy atom. The molecule has 648 valence electrons. The number of benzene rings is 12. The molecular formula is C124H72N16. The fourth-order valence-corrected chi connectivity index (χ4v) is 25.5. The van der Waals surface area contributed by atoms with Crippen LogP contribution in [0.1, 0.15) is 89.0 Å². The van der Waals surface area contributed by atoms with Gasteiger partial charge in [-0.15, -0.1) is 0 Å². The molecule has 0 bridgehead atoms. The van der Waals surface area contributed by atoms with Crippen LogP contribution in [-0.4, -0.2) is 77.4 Å². The predicted molar refractivity (Wildman–Crippen MR) is 559 cm³/mol. The summed E-state index contributed by atoms with van der Waals surface area (Å²) < 4.78 is 8.86. The molecule has 28 aromatic rings. The van der Waals surface area contributed by atoms with Crippen LogP contribution in [0.2, 0.25) is 0 Å². The van der Waals surface area contributed by atoms with Gasteiger partial charge >= 0.3 is 0 Å². The highest BCUT2D eigenvalue weighted by Crippen LogP contribution is 2.53. The first kappa shape index (κ1) is 75.1. The van der Waals surface area contributed by atoms with Crippen molar-refractivity contribution in [2.24, 2.45) is 0 Å². The molecule has 140 heavy (non-hydrogen) atoms. The summed E-state index contributed by atoms with van der Waals surface area (Å²) >= 11 is 0. The first-order valence-corrected chi connectivity index (χ1v) is 48.2. The monoisotopic (exact) mass is 1780 g/mol. The maximum absolute atomic E-state index is 5.12. The largest absolute Gasteiger partial charge is 0.276 e. The summed E-state index contributed by atoms with van der Waals surface area (Å²) in [6.07, 6.45) is 26.5. The average molecular weight is 1790 g/mol. The summed E-state index contributed by atoms with van der Waals surface area (Å²) in [5.41, 5.74) is 62.1. The van der Waals surface area contributed by atoms with Crippen LogP contribution in [0.25, 0.3) is 243 Å². The van der Waals surface area contributed by atoms with E-state index in [0.29, 0.717) is 0 Å². The topological polar surface area (TPSA) is 172 Å². The molecule has 0 fully saturated rings. The van der Waals surface area contributed by atoms with E-state index in [1.807, 2.05) is 98.4 Å². The van der Waals surface area contributed by atoms with Crippen molar-refractivity contribution in [3.05, 3.63) is 430 Å². The van der Waals surface area contributed by atoms with Gasteiger partial charge in [0.05, 0.1) is 49.7 Å². The maximum Gasteiger partial charge on any atom is 0.166 e. The van der Waals surface area contributed by atoms with E-state index in [4.69, 9.17) is 44.9 Å². The van der Waals surface area contributed by atoms with Crippen LogP contribution in [0.5, 0.6) is 0 Å². The van der Waals surface area contributed by atoms with E-state index in [0.717, 1.165) is 206 Å². The van der Waals surface area contributed by atoms with E-state index in [1.54, 1.807) is 0 Å². The van der Waals surface area contributed by atoms with Crippen LogP contribution in [0, 0.1) is 0 Å². The zero-order valence-corrected chi connectivity index (χ0v) is 75.1. The third-order valence-electron chi connectivity index (χ3n) is 31.6. The van der Waals surface area contributed by atoms with Crippen LogP contribution in [0.4, 0.5) is 0 Å². The molecule has 16 nitrogen and oxygen atoms in total. The second kappa shape index (κ2) is 27.7. The molecule has 0 aliphatic heterocycles. The van der Waals surface area contributed by atoms with Crippen molar-refractivity contribution in [2.75, 3.05) is 0 Å². The van der Waals surface area contributed by atoms with Crippen molar-refractivity contribution in [3.63, 3.8) is 0 Å². The van der Waals surface area contributed by atoms with E-state index in [-0.39, 0.29) is 0 Å². The normalized spacial score (nSPS) is 13.5. The molecule has 16 aromatic heterocycles. The van der Waals surface area contributed by atoms with Crippen molar-refractivity contribution in [1.82, 2.24) is 77.4 Å². The van der Waals surface area contributed by atoms with Gasteiger partial charge in [0.25, 0.3) is 0 Å². The smallest absolute Gasteiger partial charge is 0.166 e. The Balaban J connectivity index is 0.0000000829. The zero-order chi connectivity index (χ0) is 90.7. The fraction of sp³-hybridized carbons (Fsp3) is 0.0645. The van der Waals surface area contributed by atoms with Gasteiger partial charge in [-0.05, 0) is 411 Å².